The zero-order valence-corrected chi connectivity index (χ0v) is 51.0. The lowest BCUT2D eigenvalue weighted by atomic mass is 9.70. The van der Waals surface area contributed by atoms with Crippen molar-refractivity contribution in [2.24, 2.45) is 5.14 Å². The van der Waals surface area contributed by atoms with Crippen molar-refractivity contribution in [2.45, 2.75) is 97.8 Å². The topological polar surface area (TPSA) is 243 Å². The summed E-state index contributed by atoms with van der Waals surface area (Å²) in [5.41, 5.74) is 9.09. The van der Waals surface area contributed by atoms with E-state index in [4.69, 9.17) is 23.1 Å². The number of fused-ring (bicyclic) bond motifs is 12. The molecule has 3 N–H and O–H groups in total. The van der Waals surface area contributed by atoms with E-state index in [-0.39, 0.29) is 55.1 Å². The van der Waals surface area contributed by atoms with Crippen molar-refractivity contribution in [1.82, 2.24) is 24.3 Å². The number of amides is 4. The Kier molecular flexibility index (Phi) is 16.1. The normalized spacial score (nSPS) is 25.2. The van der Waals surface area contributed by atoms with Crippen LogP contribution in [0.5, 0.6) is 11.5 Å². The van der Waals surface area contributed by atoms with Crippen LogP contribution in [-0.2, 0) is 81.6 Å². The summed E-state index contributed by atoms with van der Waals surface area (Å²) in [5.74, 6) is -6.33. The van der Waals surface area contributed by atoms with Crippen molar-refractivity contribution in [1.29, 1.82) is 0 Å². The van der Waals surface area contributed by atoms with E-state index in [0.717, 1.165) is 90.9 Å². The molecule has 4 aliphatic carbocycles. The number of benzene rings is 6. The number of nitrogens with zero attached hydrogens (tertiary/aromatic N) is 4. The van der Waals surface area contributed by atoms with Gasteiger partial charge < -0.3 is 46.9 Å². The van der Waals surface area contributed by atoms with Crippen LogP contribution in [0.15, 0.2) is 121 Å². The van der Waals surface area contributed by atoms with Crippen LogP contribution in [-0.4, -0.2) is 140 Å². The molecule has 0 saturated carbocycles. The van der Waals surface area contributed by atoms with Gasteiger partial charge in [-0.25, -0.2) is 36.7 Å². The van der Waals surface area contributed by atoms with E-state index in [9.17, 15) is 53.6 Å². The van der Waals surface area contributed by atoms with E-state index in [1.807, 2.05) is 40.1 Å². The third-order valence-electron chi connectivity index (χ3n) is 19.7. The minimum Gasteiger partial charge on any atom is -0.453 e. The zero-order chi connectivity index (χ0) is 63.8. The fourth-order valence-electron chi connectivity index (χ4n) is 16.3. The molecule has 20 nitrogen and oxygen atoms in total. The molecule has 8 atom stereocenters. The van der Waals surface area contributed by atoms with E-state index in [1.54, 1.807) is 4.90 Å². The molecule has 4 saturated heterocycles. The molecule has 4 aliphatic heterocycles. The summed E-state index contributed by atoms with van der Waals surface area (Å²) in [7, 11) is -3.69. The van der Waals surface area contributed by atoms with Crippen molar-refractivity contribution >= 4 is 45.0 Å². The second-order valence-corrected chi connectivity index (χ2v) is 25.9. The quantitative estimate of drug-likeness (QED) is 0.107. The average Bonchev–Trinajstić information content (AvgIpc) is 1.54. The Morgan fingerprint density at radius 1 is 0.478 bits per heavy atom. The predicted octanol–water partition coefficient (Wildman–Crippen LogP) is 8.55. The van der Waals surface area contributed by atoms with Gasteiger partial charge >= 0.3 is 45.0 Å². The number of nitrogens with two attached hydrogens (primary N) is 1. The minimum atomic E-state index is -4.83. The van der Waals surface area contributed by atoms with Crippen LogP contribution in [0.4, 0.5) is 36.7 Å². The second-order valence-electron chi connectivity index (χ2n) is 23.5. The van der Waals surface area contributed by atoms with E-state index >= 15 is 0 Å². The van der Waals surface area contributed by atoms with Gasteiger partial charge in [-0.1, -0.05) is 97.1 Å². The Morgan fingerprint density at radius 2 is 0.900 bits per heavy atom. The lowest BCUT2D eigenvalue weighted by Gasteiger charge is -2.35. The standard InChI is InChI=1S/C32H31F2N3O7S.C26H28N2O4.C6H5F2NO3S/c1-42-29(38)36-15-13-31(21-8-4-3-7-19(21)17-26(31)36)22-9-5-10-23-20(22)18-27-32(23,14-16-37(27)30(39)43-2)35-45(40,41)44-28-24(33)11-6-12-25(28)34;1-31-24(29)27-12-10-18-17-7-5-9-21(19(17)15-22(18)27)26-11-13-28(25(30)32-2)23(26)14-16-6-3-4-8-20(16)26;7-4-2-1-3-5(8)6(4)12-13(9,10)11/h3-12,26-27,35H,13-18H2,1-2H3;3-9,18,22-23H,10-15H2,1-2H3;1-3H,(H2,9,10,11)/t26?,27?,31-,32-;18-,22?,23-,26+;/m10./s1. The number of hydrogen-bond acceptors (Lipinski definition) is 14. The number of hydrogen-bond donors (Lipinski definition) is 2. The Balaban J connectivity index is 0.000000151. The van der Waals surface area contributed by atoms with Crippen LogP contribution >= 0.6 is 0 Å². The molecular formula is C64H64F4N6O14S2. The molecule has 4 fully saturated rings. The van der Waals surface area contributed by atoms with E-state index < -0.39 is 84.6 Å². The summed E-state index contributed by atoms with van der Waals surface area (Å²) < 4.78 is 134. The molecule has 0 bridgehead atoms. The Labute approximate surface area is 517 Å². The van der Waals surface area contributed by atoms with Crippen LogP contribution in [0.1, 0.15) is 87.2 Å². The van der Waals surface area contributed by atoms with Gasteiger partial charge in [0.1, 0.15) is 0 Å². The largest absolute Gasteiger partial charge is 0.453 e. The third-order valence-corrected chi connectivity index (χ3v) is 21.1. The number of likely N-dealkylation sites (tertiary alicyclic amines) is 4. The zero-order valence-electron chi connectivity index (χ0n) is 49.3. The number of para-hydroxylation sites is 2. The highest BCUT2D eigenvalue weighted by Gasteiger charge is 2.63. The molecule has 6 aromatic carbocycles. The first-order valence-electron chi connectivity index (χ1n) is 29.2. The maximum atomic E-state index is 14.4. The number of carbonyl (C=O) groups excluding carboxylic acids is 4. The van der Waals surface area contributed by atoms with Crippen LogP contribution in [0, 0.1) is 23.3 Å². The van der Waals surface area contributed by atoms with Crippen molar-refractivity contribution in [2.75, 3.05) is 54.6 Å². The van der Waals surface area contributed by atoms with Gasteiger partial charge in [-0.15, -0.1) is 0 Å². The molecular weight excluding hydrogens is 1220 g/mol. The Bertz CT molecular complexity index is 4090. The summed E-state index contributed by atoms with van der Waals surface area (Å²) >= 11 is 0. The molecule has 26 heteroatoms. The van der Waals surface area contributed by atoms with Crippen molar-refractivity contribution in [3.8, 4) is 11.5 Å². The van der Waals surface area contributed by atoms with Gasteiger partial charge in [-0.2, -0.15) is 26.7 Å². The lowest BCUT2D eigenvalue weighted by Crippen LogP contribution is -2.53. The van der Waals surface area contributed by atoms with Crippen LogP contribution in [0.2, 0.25) is 0 Å². The van der Waals surface area contributed by atoms with Gasteiger partial charge in [0.2, 0.25) is 11.5 Å². The van der Waals surface area contributed by atoms with Gasteiger partial charge in [0.15, 0.2) is 23.3 Å². The first-order chi connectivity index (χ1) is 43.1. The average molecular weight is 1280 g/mol. The van der Waals surface area contributed by atoms with Gasteiger partial charge in [0.05, 0.1) is 52.1 Å². The molecule has 4 amide bonds. The SMILES string of the molecule is COC(=O)N1CC[C@H]2c3cccc([C@]45CCN(C(=O)OC)[C@H]4Cc4ccccc45)c3CC21.COC(=O)N1CC[C@]2(c3cccc4c3CC3N(C(=O)OC)CC[C@@]43NS(=O)(=O)Oc3c(F)cccc3F)c3ccccc3CC12.NS(=O)(=O)Oc1c(F)cccc1F. The highest BCUT2D eigenvalue weighted by Crippen LogP contribution is 2.59. The van der Waals surface area contributed by atoms with Crippen LogP contribution in [0.25, 0.3) is 0 Å². The van der Waals surface area contributed by atoms with Crippen LogP contribution < -0.4 is 18.2 Å². The Morgan fingerprint density at radius 3 is 1.41 bits per heavy atom. The first kappa shape index (κ1) is 61.8. The molecule has 90 heavy (non-hydrogen) atoms. The lowest BCUT2D eigenvalue weighted by molar-refractivity contribution is 0.111. The maximum Gasteiger partial charge on any atom is 0.409 e. The predicted molar refractivity (Wildman–Crippen MR) is 316 cm³/mol. The van der Waals surface area contributed by atoms with Crippen molar-refractivity contribution < 1.29 is 80.9 Å². The van der Waals surface area contributed by atoms with Gasteiger partial charge in [0, 0.05) is 49.0 Å². The minimum absolute atomic E-state index is 0.0519. The molecule has 0 spiro atoms. The molecule has 474 valence electrons. The van der Waals surface area contributed by atoms with Gasteiger partial charge in [0.25, 0.3) is 0 Å². The molecule has 6 aromatic rings. The number of nitrogens with one attached hydrogen (secondary N) is 1. The molecule has 8 aliphatic rings. The first-order valence-corrected chi connectivity index (χ1v) is 32.1. The maximum absolute atomic E-state index is 14.4. The summed E-state index contributed by atoms with van der Waals surface area (Å²) in [4.78, 5) is 58.0. The molecule has 4 heterocycles. The molecule has 3 unspecified atom stereocenters. The van der Waals surface area contributed by atoms with Crippen molar-refractivity contribution in [3.63, 3.8) is 0 Å². The summed E-state index contributed by atoms with van der Waals surface area (Å²) in [5, 5.41) is 4.42. The number of rotatable bonds is 8. The summed E-state index contributed by atoms with van der Waals surface area (Å²) in [6.07, 6.45) is 3.68. The fraction of sp³-hybridized carbons (Fsp3) is 0.375. The van der Waals surface area contributed by atoms with E-state index in [1.165, 1.54) is 61.2 Å². The third kappa shape index (κ3) is 10.1. The van der Waals surface area contributed by atoms with Crippen molar-refractivity contribution in [3.05, 3.63) is 200 Å². The number of carbonyl (C=O) groups is 4. The summed E-state index contributed by atoms with van der Waals surface area (Å²) in [6.45, 7) is 2.08. The van der Waals surface area contributed by atoms with Gasteiger partial charge in [-0.05, 0) is 131 Å². The number of methoxy groups -OCH3 is 4. The molecule has 0 aromatic heterocycles. The van der Waals surface area contributed by atoms with Crippen LogP contribution in [0.3, 0.4) is 0 Å². The number of halogens is 4. The molecule has 14 rings (SSSR count). The fourth-order valence-corrected chi connectivity index (χ4v) is 17.9. The highest BCUT2D eigenvalue weighted by molar-refractivity contribution is 7.85. The monoisotopic (exact) mass is 1280 g/mol. The summed E-state index contributed by atoms with van der Waals surface area (Å²) in [6, 6.07) is 33.9. The smallest absolute Gasteiger partial charge is 0.409 e. The number of ether oxygens (including phenoxy) is 4. The highest BCUT2D eigenvalue weighted by atomic mass is 32.2. The van der Waals surface area contributed by atoms with E-state index in [2.05, 4.69) is 68.6 Å². The Hall–Kier alpha value is -8.46. The van der Waals surface area contributed by atoms with Gasteiger partial charge in [-0.3, -0.25) is 0 Å². The molecule has 0 radical (unpaired) electrons. The second kappa shape index (κ2) is 23.4. The van der Waals surface area contributed by atoms with E-state index in [0.29, 0.717) is 37.4 Å².